The SMILES string of the molecule is COCCc1ncc(CN[C@@H]2C3CCCCC3[C@H]2c2ccccc2)cn1. The fourth-order valence-electron chi connectivity index (χ4n) is 4.91. The molecule has 2 aliphatic carbocycles. The van der Waals surface area contributed by atoms with Crippen LogP contribution in [-0.2, 0) is 17.7 Å². The minimum Gasteiger partial charge on any atom is -0.384 e. The molecule has 4 rings (SSSR count). The van der Waals surface area contributed by atoms with Crippen LogP contribution in [0, 0.1) is 11.8 Å². The van der Waals surface area contributed by atoms with E-state index in [9.17, 15) is 0 Å². The van der Waals surface area contributed by atoms with Gasteiger partial charge < -0.3 is 10.1 Å². The highest BCUT2D eigenvalue weighted by Crippen LogP contribution is 2.54. The predicted octanol–water partition coefficient (Wildman–Crippen LogP) is 3.73. The topological polar surface area (TPSA) is 47.0 Å². The number of fused-ring (bicyclic) bond motifs is 1. The lowest BCUT2D eigenvalue weighted by molar-refractivity contribution is 0.0254. The van der Waals surface area contributed by atoms with Gasteiger partial charge in [0.2, 0.25) is 0 Å². The van der Waals surface area contributed by atoms with Crippen LogP contribution in [0.3, 0.4) is 0 Å². The molecule has 0 saturated heterocycles. The molecule has 4 heteroatoms. The number of hydrogen-bond acceptors (Lipinski definition) is 4. The molecule has 2 saturated carbocycles. The van der Waals surface area contributed by atoms with Crippen molar-refractivity contribution in [2.45, 2.75) is 50.6 Å². The summed E-state index contributed by atoms with van der Waals surface area (Å²) < 4.78 is 5.09. The predicted molar refractivity (Wildman–Crippen MR) is 103 cm³/mol. The monoisotopic (exact) mass is 351 g/mol. The Morgan fingerprint density at radius 2 is 1.77 bits per heavy atom. The molecular formula is C22H29N3O. The Morgan fingerprint density at radius 3 is 2.50 bits per heavy atom. The maximum atomic E-state index is 5.09. The molecule has 138 valence electrons. The van der Waals surface area contributed by atoms with E-state index in [2.05, 4.69) is 45.6 Å². The first kappa shape index (κ1) is 17.6. The third kappa shape index (κ3) is 3.67. The van der Waals surface area contributed by atoms with Gasteiger partial charge in [-0.05, 0) is 30.2 Å². The highest BCUT2D eigenvalue weighted by Gasteiger charge is 2.50. The first-order chi connectivity index (χ1) is 12.9. The maximum absolute atomic E-state index is 5.09. The zero-order valence-corrected chi connectivity index (χ0v) is 15.6. The Bertz CT molecular complexity index is 688. The fraction of sp³-hybridized carbons (Fsp3) is 0.545. The molecule has 1 heterocycles. The van der Waals surface area contributed by atoms with Gasteiger partial charge in [-0.1, -0.05) is 43.2 Å². The van der Waals surface area contributed by atoms with Crippen LogP contribution in [0.4, 0.5) is 0 Å². The second kappa shape index (κ2) is 8.28. The molecule has 1 aromatic heterocycles. The molecule has 0 spiro atoms. The van der Waals surface area contributed by atoms with E-state index in [0.717, 1.165) is 36.2 Å². The van der Waals surface area contributed by atoms with E-state index in [1.807, 2.05) is 12.4 Å². The van der Waals surface area contributed by atoms with E-state index in [0.29, 0.717) is 18.6 Å². The van der Waals surface area contributed by atoms with Crippen molar-refractivity contribution in [2.24, 2.45) is 11.8 Å². The minimum absolute atomic E-state index is 0.580. The molecule has 26 heavy (non-hydrogen) atoms. The minimum atomic E-state index is 0.580. The normalized spacial score (nSPS) is 27.6. The molecule has 4 atom stereocenters. The average molecular weight is 351 g/mol. The summed E-state index contributed by atoms with van der Waals surface area (Å²) in [5, 5.41) is 3.84. The van der Waals surface area contributed by atoms with Gasteiger partial charge in [-0.15, -0.1) is 0 Å². The van der Waals surface area contributed by atoms with Crippen LogP contribution in [0.5, 0.6) is 0 Å². The van der Waals surface area contributed by atoms with Crippen LogP contribution in [0.2, 0.25) is 0 Å². The molecule has 4 nitrogen and oxygen atoms in total. The van der Waals surface area contributed by atoms with Crippen LogP contribution in [0.15, 0.2) is 42.7 Å². The van der Waals surface area contributed by atoms with E-state index >= 15 is 0 Å². The molecule has 2 aromatic rings. The van der Waals surface area contributed by atoms with Gasteiger partial charge in [-0.25, -0.2) is 9.97 Å². The largest absolute Gasteiger partial charge is 0.384 e. The number of ether oxygens (including phenoxy) is 1. The van der Waals surface area contributed by atoms with Crippen molar-refractivity contribution in [2.75, 3.05) is 13.7 Å². The zero-order chi connectivity index (χ0) is 17.8. The molecule has 0 bridgehead atoms. The molecule has 1 aromatic carbocycles. The molecule has 2 aliphatic rings. The smallest absolute Gasteiger partial charge is 0.130 e. The summed E-state index contributed by atoms with van der Waals surface area (Å²) in [7, 11) is 1.71. The molecule has 0 amide bonds. The second-order valence-corrected chi connectivity index (χ2v) is 7.71. The molecular weight excluding hydrogens is 322 g/mol. The zero-order valence-electron chi connectivity index (χ0n) is 15.6. The van der Waals surface area contributed by atoms with E-state index < -0.39 is 0 Å². The van der Waals surface area contributed by atoms with Crippen LogP contribution >= 0.6 is 0 Å². The van der Waals surface area contributed by atoms with Crippen molar-refractivity contribution in [3.63, 3.8) is 0 Å². The number of aromatic nitrogens is 2. The fourth-order valence-corrected chi connectivity index (χ4v) is 4.91. The summed E-state index contributed by atoms with van der Waals surface area (Å²) in [5.74, 6) is 3.20. The van der Waals surface area contributed by atoms with Crippen molar-refractivity contribution in [3.05, 3.63) is 59.7 Å². The summed E-state index contributed by atoms with van der Waals surface area (Å²) in [6.45, 7) is 1.52. The summed E-state index contributed by atoms with van der Waals surface area (Å²) in [5.41, 5.74) is 2.66. The summed E-state index contributed by atoms with van der Waals surface area (Å²) in [6, 6.07) is 11.7. The van der Waals surface area contributed by atoms with Crippen LogP contribution in [0.1, 0.15) is 48.6 Å². The Morgan fingerprint density at radius 1 is 1.04 bits per heavy atom. The van der Waals surface area contributed by atoms with E-state index in [1.165, 1.54) is 31.2 Å². The highest BCUT2D eigenvalue weighted by atomic mass is 16.5. The third-order valence-electron chi connectivity index (χ3n) is 6.20. The van der Waals surface area contributed by atoms with Gasteiger partial charge in [-0.2, -0.15) is 0 Å². The Kier molecular flexibility index (Phi) is 5.61. The van der Waals surface area contributed by atoms with Crippen LogP contribution in [0.25, 0.3) is 0 Å². The van der Waals surface area contributed by atoms with Gasteiger partial charge in [0, 0.05) is 50.0 Å². The Labute approximate surface area is 156 Å². The van der Waals surface area contributed by atoms with Crippen LogP contribution in [-0.4, -0.2) is 29.7 Å². The van der Waals surface area contributed by atoms with Crippen molar-refractivity contribution >= 4 is 0 Å². The van der Waals surface area contributed by atoms with Gasteiger partial charge in [-0.3, -0.25) is 0 Å². The highest BCUT2D eigenvalue weighted by molar-refractivity contribution is 5.28. The van der Waals surface area contributed by atoms with Gasteiger partial charge in [0.25, 0.3) is 0 Å². The number of methoxy groups -OCH3 is 1. The molecule has 0 radical (unpaired) electrons. The summed E-state index contributed by atoms with van der Waals surface area (Å²) in [6.07, 6.45) is 10.2. The molecule has 1 N–H and O–H groups in total. The number of benzene rings is 1. The summed E-state index contributed by atoms with van der Waals surface area (Å²) in [4.78, 5) is 8.93. The first-order valence-corrected chi connectivity index (χ1v) is 9.94. The van der Waals surface area contributed by atoms with E-state index in [1.54, 1.807) is 7.11 Å². The molecule has 2 fully saturated rings. The third-order valence-corrected chi connectivity index (χ3v) is 6.20. The van der Waals surface area contributed by atoms with E-state index in [4.69, 9.17) is 4.74 Å². The van der Waals surface area contributed by atoms with Crippen molar-refractivity contribution in [1.82, 2.24) is 15.3 Å². The Balaban J connectivity index is 1.41. The van der Waals surface area contributed by atoms with Crippen LogP contribution < -0.4 is 5.32 Å². The van der Waals surface area contributed by atoms with Gasteiger partial charge >= 0.3 is 0 Å². The first-order valence-electron chi connectivity index (χ1n) is 9.94. The second-order valence-electron chi connectivity index (χ2n) is 7.71. The number of nitrogens with one attached hydrogen (secondary N) is 1. The average Bonchev–Trinajstić information content (AvgIpc) is 2.69. The van der Waals surface area contributed by atoms with Crippen molar-refractivity contribution in [3.8, 4) is 0 Å². The van der Waals surface area contributed by atoms with E-state index in [-0.39, 0.29) is 0 Å². The Hall–Kier alpha value is -1.78. The lowest BCUT2D eigenvalue weighted by Crippen LogP contribution is -2.57. The molecule has 2 unspecified atom stereocenters. The quantitative estimate of drug-likeness (QED) is 0.826. The van der Waals surface area contributed by atoms with Crippen molar-refractivity contribution < 1.29 is 4.74 Å². The van der Waals surface area contributed by atoms with Gasteiger partial charge in [0.15, 0.2) is 0 Å². The standard InChI is InChI=1S/C22H29N3O/c1-26-12-11-20-23-13-16(14-24-20)15-25-22-19-10-6-5-9-18(19)21(22)17-7-3-2-4-8-17/h2-4,7-8,13-14,18-19,21-22,25H,5-6,9-12,15H2,1H3/t18?,19?,21-,22-/m1/s1. The number of hydrogen-bond donors (Lipinski definition) is 1. The number of rotatable bonds is 7. The molecule has 0 aliphatic heterocycles. The van der Waals surface area contributed by atoms with Gasteiger partial charge in [0.05, 0.1) is 6.61 Å². The van der Waals surface area contributed by atoms with Crippen molar-refractivity contribution in [1.29, 1.82) is 0 Å². The summed E-state index contributed by atoms with van der Waals surface area (Å²) >= 11 is 0. The maximum Gasteiger partial charge on any atom is 0.130 e. The lowest BCUT2D eigenvalue weighted by atomic mass is 9.53. The number of nitrogens with zero attached hydrogens (tertiary/aromatic N) is 2. The lowest BCUT2D eigenvalue weighted by Gasteiger charge is -2.55. The van der Waals surface area contributed by atoms with Gasteiger partial charge in [0.1, 0.15) is 5.82 Å².